The van der Waals surface area contributed by atoms with Crippen LogP contribution in [0.1, 0.15) is 25.1 Å². The van der Waals surface area contributed by atoms with E-state index in [1.807, 2.05) is 6.92 Å². The van der Waals surface area contributed by atoms with Crippen LogP contribution in [0.4, 0.5) is 0 Å². The first-order chi connectivity index (χ1) is 6.67. The maximum atomic E-state index is 5.33. The summed E-state index contributed by atoms with van der Waals surface area (Å²) in [5.41, 5.74) is 0.0846. The van der Waals surface area contributed by atoms with Gasteiger partial charge < -0.3 is 4.52 Å². The van der Waals surface area contributed by atoms with E-state index in [1.165, 1.54) is 6.42 Å². The SMILES string of the molecule is Cc1noc(C23C(CCN2C)[C@@H]3C)n1. The minimum Gasteiger partial charge on any atom is -0.337 e. The molecule has 0 spiro atoms. The van der Waals surface area contributed by atoms with Gasteiger partial charge in [-0.1, -0.05) is 12.1 Å². The number of hydrogen-bond donors (Lipinski definition) is 0. The van der Waals surface area contributed by atoms with Gasteiger partial charge >= 0.3 is 0 Å². The first-order valence-electron chi connectivity index (χ1n) is 5.19. The number of piperidine rings is 1. The van der Waals surface area contributed by atoms with E-state index >= 15 is 0 Å². The lowest BCUT2D eigenvalue weighted by atomic mass is 10.2. The molecule has 0 bridgehead atoms. The summed E-state index contributed by atoms with van der Waals surface area (Å²) >= 11 is 0. The van der Waals surface area contributed by atoms with Crippen LogP contribution in [0, 0.1) is 18.8 Å². The summed E-state index contributed by atoms with van der Waals surface area (Å²) < 4.78 is 5.33. The highest BCUT2D eigenvalue weighted by molar-refractivity contribution is 5.26. The molecule has 2 unspecified atom stereocenters. The highest BCUT2D eigenvalue weighted by Gasteiger charge is 2.71. The molecule has 1 aromatic heterocycles. The molecule has 0 amide bonds. The molecule has 1 aliphatic heterocycles. The molecule has 0 N–H and O–H groups in total. The van der Waals surface area contributed by atoms with Gasteiger partial charge in [0.2, 0.25) is 5.89 Å². The van der Waals surface area contributed by atoms with Crippen LogP contribution in [0.25, 0.3) is 0 Å². The monoisotopic (exact) mass is 193 g/mol. The Morgan fingerprint density at radius 3 is 2.86 bits per heavy atom. The van der Waals surface area contributed by atoms with Crippen LogP contribution in [0.15, 0.2) is 4.52 Å². The third-order valence-electron chi connectivity index (χ3n) is 4.03. The Morgan fingerprint density at radius 2 is 2.36 bits per heavy atom. The topological polar surface area (TPSA) is 42.2 Å². The van der Waals surface area contributed by atoms with E-state index in [1.54, 1.807) is 0 Å². The van der Waals surface area contributed by atoms with E-state index in [-0.39, 0.29) is 5.54 Å². The average Bonchev–Trinajstić information content (AvgIpc) is 2.52. The number of aromatic nitrogens is 2. The van der Waals surface area contributed by atoms with Gasteiger partial charge in [-0.15, -0.1) is 0 Å². The summed E-state index contributed by atoms with van der Waals surface area (Å²) in [5, 5.41) is 3.89. The van der Waals surface area contributed by atoms with Crippen LogP contribution >= 0.6 is 0 Å². The van der Waals surface area contributed by atoms with E-state index in [2.05, 4.69) is 29.0 Å². The predicted molar refractivity (Wildman–Crippen MR) is 50.6 cm³/mol. The van der Waals surface area contributed by atoms with E-state index in [4.69, 9.17) is 4.52 Å². The second-order valence-corrected chi connectivity index (χ2v) is 4.58. The molecule has 3 rings (SSSR count). The smallest absolute Gasteiger partial charge is 0.247 e. The van der Waals surface area contributed by atoms with Crippen molar-refractivity contribution < 1.29 is 4.52 Å². The lowest BCUT2D eigenvalue weighted by Gasteiger charge is -2.21. The molecular weight excluding hydrogens is 178 g/mol. The fraction of sp³-hybridized carbons (Fsp3) is 0.800. The molecule has 1 saturated carbocycles. The van der Waals surface area contributed by atoms with Crippen LogP contribution in [-0.2, 0) is 5.54 Å². The number of hydrogen-bond acceptors (Lipinski definition) is 4. The van der Waals surface area contributed by atoms with Gasteiger partial charge in [-0.3, -0.25) is 4.90 Å². The first-order valence-corrected chi connectivity index (χ1v) is 5.19. The van der Waals surface area contributed by atoms with Crippen molar-refractivity contribution >= 4 is 0 Å². The maximum absolute atomic E-state index is 5.33. The second kappa shape index (κ2) is 2.37. The van der Waals surface area contributed by atoms with Gasteiger partial charge in [-0.2, -0.15) is 4.98 Å². The van der Waals surface area contributed by atoms with E-state index in [0.29, 0.717) is 5.92 Å². The van der Waals surface area contributed by atoms with Crippen LogP contribution in [0.2, 0.25) is 0 Å². The average molecular weight is 193 g/mol. The molecule has 1 saturated heterocycles. The third-order valence-corrected chi connectivity index (χ3v) is 4.03. The molecule has 2 heterocycles. The van der Waals surface area contributed by atoms with Crippen molar-refractivity contribution in [2.45, 2.75) is 25.8 Å². The lowest BCUT2D eigenvalue weighted by molar-refractivity contribution is 0.185. The molecule has 14 heavy (non-hydrogen) atoms. The molecule has 0 radical (unpaired) electrons. The number of nitrogens with zero attached hydrogens (tertiary/aromatic N) is 3. The minimum absolute atomic E-state index is 0.0846. The van der Waals surface area contributed by atoms with Gasteiger partial charge in [0.15, 0.2) is 5.82 Å². The van der Waals surface area contributed by atoms with Crippen LogP contribution in [0.3, 0.4) is 0 Å². The van der Waals surface area contributed by atoms with Crippen LogP contribution in [0.5, 0.6) is 0 Å². The van der Waals surface area contributed by atoms with Crippen molar-refractivity contribution in [3.05, 3.63) is 11.7 Å². The zero-order valence-electron chi connectivity index (χ0n) is 8.82. The Morgan fingerprint density at radius 1 is 1.57 bits per heavy atom. The Labute approximate surface area is 83.3 Å². The standard InChI is InChI=1S/C10H15N3O/c1-6-8-4-5-13(3)10(6,8)9-11-7(2)12-14-9/h6,8H,4-5H2,1-3H3/t6-,8?,10?/m0/s1. The Hall–Kier alpha value is -0.900. The molecular formula is C10H15N3O. The minimum atomic E-state index is 0.0846. The molecule has 0 aromatic carbocycles. The van der Waals surface area contributed by atoms with Gasteiger partial charge in [0.25, 0.3) is 0 Å². The zero-order valence-corrected chi connectivity index (χ0v) is 8.82. The molecule has 4 nitrogen and oxygen atoms in total. The van der Waals surface area contributed by atoms with Crippen LogP contribution in [-0.4, -0.2) is 28.6 Å². The van der Waals surface area contributed by atoms with Crippen molar-refractivity contribution in [2.75, 3.05) is 13.6 Å². The molecule has 4 heteroatoms. The number of aryl methyl sites for hydroxylation is 1. The Kier molecular flexibility index (Phi) is 1.42. The quantitative estimate of drug-likeness (QED) is 0.671. The van der Waals surface area contributed by atoms with Crippen molar-refractivity contribution in [2.24, 2.45) is 11.8 Å². The summed E-state index contributed by atoms with van der Waals surface area (Å²) in [4.78, 5) is 6.76. The number of rotatable bonds is 1. The van der Waals surface area contributed by atoms with Crippen molar-refractivity contribution in [3.63, 3.8) is 0 Å². The normalized spacial score (nSPS) is 41.4. The number of fused-ring (bicyclic) bond motifs is 1. The van der Waals surface area contributed by atoms with Gasteiger partial charge in [0.05, 0.1) is 0 Å². The zero-order chi connectivity index (χ0) is 9.92. The van der Waals surface area contributed by atoms with Gasteiger partial charge in [-0.25, -0.2) is 0 Å². The summed E-state index contributed by atoms with van der Waals surface area (Å²) in [5.74, 6) is 2.97. The fourth-order valence-corrected chi connectivity index (χ4v) is 3.23. The second-order valence-electron chi connectivity index (χ2n) is 4.58. The molecule has 2 aliphatic rings. The van der Waals surface area contributed by atoms with Crippen LogP contribution < -0.4 is 0 Å². The molecule has 1 aromatic rings. The highest BCUT2D eigenvalue weighted by Crippen LogP contribution is 2.65. The maximum Gasteiger partial charge on any atom is 0.247 e. The first kappa shape index (κ1) is 8.41. The van der Waals surface area contributed by atoms with Gasteiger partial charge in [-0.05, 0) is 38.8 Å². The Balaban J connectivity index is 2.05. The van der Waals surface area contributed by atoms with Crippen molar-refractivity contribution in [1.29, 1.82) is 0 Å². The molecule has 76 valence electrons. The fourth-order valence-electron chi connectivity index (χ4n) is 3.23. The predicted octanol–water partition coefficient (Wildman–Crippen LogP) is 1.17. The van der Waals surface area contributed by atoms with Crippen molar-refractivity contribution in [3.8, 4) is 0 Å². The van der Waals surface area contributed by atoms with E-state index in [9.17, 15) is 0 Å². The largest absolute Gasteiger partial charge is 0.337 e. The van der Waals surface area contributed by atoms with Gasteiger partial charge in [0.1, 0.15) is 5.54 Å². The summed E-state index contributed by atoms with van der Waals surface area (Å²) in [6.45, 7) is 5.30. The van der Waals surface area contributed by atoms with E-state index in [0.717, 1.165) is 24.2 Å². The molecule has 3 atom stereocenters. The highest BCUT2D eigenvalue weighted by atomic mass is 16.5. The molecule has 2 fully saturated rings. The summed E-state index contributed by atoms with van der Waals surface area (Å²) in [6.07, 6.45) is 1.26. The summed E-state index contributed by atoms with van der Waals surface area (Å²) in [6, 6.07) is 0. The van der Waals surface area contributed by atoms with Crippen molar-refractivity contribution in [1.82, 2.24) is 15.0 Å². The lowest BCUT2D eigenvalue weighted by Crippen LogP contribution is -2.31. The third kappa shape index (κ3) is 0.741. The van der Waals surface area contributed by atoms with Gasteiger partial charge in [0, 0.05) is 0 Å². The summed E-state index contributed by atoms with van der Waals surface area (Å²) in [7, 11) is 2.16. The van der Waals surface area contributed by atoms with E-state index < -0.39 is 0 Å². The Bertz CT molecular complexity index is 371. The molecule has 1 aliphatic carbocycles. The number of likely N-dealkylation sites (tertiary alicyclic amines) is 1.